The first kappa shape index (κ1) is 35.2. The number of hydrogen-bond acceptors (Lipinski definition) is 1. The topological polar surface area (TPSA) is 20.3 Å². The van der Waals surface area contributed by atoms with Crippen LogP contribution in [-0.2, 0) is 4.79 Å². The molecule has 0 aliphatic rings. The highest BCUT2D eigenvalue weighted by Crippen LogP contribution is 2.13. The summed E-state index contributed by atoms with van der Waals surface area (Å²) in [4.78, 5) is 15.1. The summed E-state index contributed by atoms with van der Waals surface area (Å²) in [6.45, 7) is 8.81. The van der Waals surface area contributed by atoms with E-state index in [2.05, 4.69) is 37.8 Å². The van der Waals surface area contributed by atoms with Gasteiger partial charge < -0.3 is 4.90 Å². The van der Waals surface area contributed by atoms with E-state index in [-0.39, 0.29) is 0 Å². The molecule has 0 N–H and O–H groups in total. The molecule has 0 spiro atoms. The molecule has 0 fully saturated rings. The lowest BCUT2D eigenvalue weighted by Gasteiger charge is -2.23. The standard InChI is InChI=1S/C34H67NO/c1-4-7-10-13-16-17-18-19-20-21-22-23-24-25-28-31-34(36)35(32-29-26-14-11-8-5-2)33-30-27-15-12-9-6-3/h19-20H,4-18,21-33H2,1-3H3/b20-19-. The zero-order valence-electron chi connectivity index (χ0n) is 25.3. The zero-order valence-corrected chi connectivity index (χ0v) is 25.3. The van der Waals surface area contributed by atoms with Gasteiger partial charge in [-0.2, -0.15) is 0 Å². The normalized spacial score (nSPS) is 11.5. The highest BCUT2D eigenvalue weighted by Gasteiger charge is 2.12. The van der Waals surface area contributed by atoms with Gasteiger partial charge >= 0.3 is 0 Å². The SMILES string of the molecule is CCCCCCCC/C=C\CCCCCCCC(=O)N(CCCCCCCC)CCCCCCCC. The predicted octanol–water partition coefficient (Wildman–Crippen LogP) is 11.6. The van der Waals surface area contributed by atoms with Crippen LogP contribution >= 0.6 is 0 Å². The maximum atomic E-state index is 12.9. The third kappa shape index (κ3) is 26.3. The lowest BCUT2D eigenvalue weighted by atomic mass is 10.1. The van der Waals surface area contributed by atoms with Gasteiger partial charge in [-0.3, -0.25) is 4.79 Å². The molecule has 0 aromatic heterocycles. The number of carbonyl (C=O) groups excluding carboxylic acids is 1. The molecule has 0 radical (unpaired) electrons. The summed E-state index contributed by atoms with van der Waals surface area (Å²) >= 11 is 0. The number of carbonyl (C=O) groups is 1. The molecule has 36 heavy (non-hydrogen) atoms. The number of nitrogens with zero attached hydrogens (tertiary/aromatic N) is 1. The van der Waals surface area contributed by atoms with Gasteiger partial charge in [0.1, 0.15) is 0 Å². The maximum Gasteiger partial charge on any atom is 0.222 e. The van der Waals surface area contributed by atoms with Crippen molar-refractivity contribution < 1.29 is 4.79 Å². The minimum absolute atomic E-state index is 0.426. The van der Waals surface area contributed by atoms with Crippen molar-refractivity contribution in [3.05, 3.63) is 12.2 Å². The van der Waals surface area contributed by atoms with E-state index in [0.29, 0.717) is 5.91 Å². The van der Waals surface area contributed by atoms with Gasteiger partial charge in [0.05, 0.1) is 0 Å². The molecule has 0 aliphatic heterocycles. The lowest BCUT2D eigenvalue weighted by molar-refractivity contribution is -0.131. The van der Waals surface area contributed by atoms with E-state index in [4.69, 9.17) is 0 Å². The van der Waals surface area contributed by atoms with Crippen LogP contribution in [0.1, 0.15) is 188 Å². The molecule has 0 rings (SSSR count). The van der Waals surface area contributed by atoms with Crippen molar-refractivity contribution >= 4 is 5.91 Å². The summed E-state index contributed by atoms with van der Waals surface area (Å²) in [5, 5.41) is 0. The Hall–Kier alpha value is -0.790. The molecule has 214 valence electrons. The van der Waals surface area contributed by atoms with Crippen molar-refractivity contribution in [3.63, 3.8) is 0 Å². The Kier molecular flexibility index (Phi) is 29.8. The molecule has 0 aliphatic carbocycles. The van der Waals surface area contributed by atoms with Crippen molar-refractivity contribution in [2.24, 2.45) is 0 Å². The van der Waals surface area contributed by atoms with Gasteiger partial charge in [-0.15, -0.1) is 0 Å². The number of allylic oxidation sites excluding steroid dienone is 2. The highest BCUT2D eigenvalue weighted by molar-refractivity contribution is 5.76. The van der Waals surface area contributed by atoms with Crippen molar-refractivity contribution in [2.45, 2.75) is 188 Å². The molecule has 2 heteroatoms. The average molecular weight is 506 g/mol. The van der Waals surface area contributed by atoms with Gasteiger partial charge in [0.2, 0.25) is 5.91 Å². The van der Waals surface area contributed by atoms with E-state index in [1.807, 2.05) is 0 Å². The van der Waals surface area contributed by atoms with E-state index in [0.717, 1.165) is 25.9 Å². The van der Waals surface area contributed by atoms with E-state index >= 15 is 0 Å². The Morgan fingerprint density at radius 3 is 1.19 bits per heavy atom. The molecule has 0 aromatic carbocycles. The molecule has 0 unspecified atom stereocenters. The van der Waals surface area contributed by atoms with Crippen LogP contribution in [-0.4, -0.2) is 23.9 Å². The van der Waals surface area contributed by atoms with E-state index in [1.54, 1.807) is 0 Å². The molecule has 0 aromatic rings. The first-order chi connectivity index (χ1) is 17.8. The molecular formula is C34H67NO. The van der Waals surface area contributed by atoms with Crippen LogP contribution in [0, 0.1) is 0 Å². The summed E-state index contributed by atoms with van der Waals surface area (Å²) in [5.74, 6) is 0.426. The average Bonchev–Trinajstić information content (AvgIpc) is 2.89. The molecule has 1 amide bonds. The Morgan fingerprint density at radius 1 is 0.444 bits per heavy atom. The fourth-order valence-electron chi connectivity index (χ4n) is 5.03. The number of rotatable bonds is 29. The van der Waals surface area contributed by atoms with E-state index in [1.165, 1.54) is 154 Å². The van der Waals surface area contributed by atoms with Gasteiger partial charge in [0.15, 0.2) is 0 Å². The molecular weight excluding hydrogens is 438 g/mol. The summed E-state index contributed by atoms with van der Waals surface area (Å²) in [6, 6.07) is 0. The number of hydrogen-bond donors (Lipinski definition) is 0. The second-order valence-corrected chi connectivity index (χ2v) is 11.3. The van der Waals surface area contributed by atoms with E-state index in [9.17, 15) is 4.79 Å². The van der Waals surface area contributed by atoms with Gasteiger partial charge in [0, 0.05) is 19.5 Å². The second kappa shape index (κ2) is 30.4. The number of amides is 1. The van der Waals surface area contributed by atoms with Crippen LogP contribution in [0.5, 0.6) is 0 Å². The summed E-state index contributed by atoms with van der Waals surface area (Å²) in [5.41, 5.74) is 0. The number of unbranched alkanes of at least 4 members (excludes halogenated alkanes) is 21. The third-order valence-electron chi connectivity index (χ3n) is 7.57. The lowest BCUT2D eigenvalue weighted by Crippen LogP contribution is -2.32. The van der Waals surface area contributed by atoms with Crippen LogP contribution in [0.4, 0.5) is 0 Å². The zero-order chi connectivity index (χ0) is 26.4. The predicted molar refractivity (Wildman–Crippen MR) is 163 cm³/mol. The summed E-state index contributed by atoms with van der Waals surface area (Å²) in [6.07, 6.45) is 38.3. The Labute approximate surface area is 228 Å². The Balaban J connectivity index is 3.87. The van der Waals surface area contributed by atoms with Crippen LogP contribution in [0.2, 0.25) is 0 Å². The monoisotopic (exact) mass is 506 g/mol. The smallest absolute Gasteiger partial charge is 0.222 e. The Morgan fingerprint density at radius 2 is 0.778 bits per heavy atom. The highest BCUT2D eigenvalue weighted by atomic mass is 16.2. The van der Waals surface area contributed by atoms with E-state index < -0.39 is 0 Å². The first-order valence-corrected chi connectivity index (χ1v) is 16.7. The third-order valence-corrected chi connectivity index (χ3v) is 7.57. The molecule has 0 heterocycles. The van der Waals surface area contributed by atoms with Gasteiger partial charge in [0.25, 0.3) is 0 Å². The summed E-state index contributed by atoms with van der Waals surface area (Å²) in [7, 11) is 0. The molecule has 0 atom stereocenters. The maximum absolute atomic E-state index is 12.9. The molecule has 0 bridgehead atoms. The second-order valence-electron chi connectivity index (χ2n) is 11.3. The van der Waals surface area contributed by atoms with Crippen molar-refractivity contribution in [1.82, 2.24) is 4.90 Å². The van der Waals surface area contributed by atoms with Crippen LogP contribution in [0.15, 0.2) is 12.2 Å². The fourth-order valence-corrected chi connectivity index (χ4v) is 5.03. The van der Waals surface area contributed by atoms with Crippen molar-refractivity contribution in [1.29, 1.82) is 0 Å². The first-order valence-electron chi connectivity index (χ1n) is 16.7. The fraction of sp³-hybridized carbons (Fsp3) is 0.912. The van der Waals surface area contributed by atoms with Crippen molar-refractivity contribution in [3.8, 4) is 0 Å². The molecule has 0 saturated heterocycles. The minimum atomic E-state index is 0.426. The summed E-state index contributed by atoms with van der Waals surface area (Å²) < 4.78 is 0. The van der Waals surface area contributed by atoms with Crippen LogP contribution in [0.3, 0.4) is 0 Å². The van der Waals surface area contributed by atoms with Gasteiger partial charge in [-0.1, -0.05) is 148 Å². The molecule has 2 nitrogen and oxygen atoms in total. The quantitative estimate of drug-likeness (QED) is 0.0731. The van der Waals surface area contributed by atoms with Crippen LogP contribution in [0.25, 0.3) is 0 Å². The van der Waals surface area contributed by atoms with Crippen molar-refractivity contribution in [2.75, 3.05) is 13.1 Å². The molecule has 0 saturated carbocycles. The van der Waals surface area contributed by atoms with Gasteiger partial charge in [-0.05, 0) is 44.9 Å². The largest absolute Gasteiger partial charge is 0.343 e. The van der Waals surface area contributed by atoms with Gasteiger partial charge in [-0.25, -0.2) is 0 Å². The Bertz CT molecular complexity index is 442. The minimum Gasteiger partial charge on any atom is -0.343 e. The van der Waals surface area contributed by atoms with Crippen LogP contribution < -0.4 is 0 Å².